The lowest BCUT2D eigenvalue weighted by Crippen LogP contribution is -2.37. The van der Waals surface area contributed by atoms with Crippen LogP contribution in [-0.4, -0.2) is 61.4 Å². The van der Waals surface area contributed by atoms with Crippen LogP contribution in [0.25, 0.3) is 21.7 Å². The highest BCUT2D eigenvalue weighted by Gasteiger charge is 2.17. The minimum absolute atomic E-state index is 0.290. The van der Waals surface area contributed by atoms with Gasteiger partial charge in [-0.25, -0.2) is 9.37 Å². The highest BCUT2D eigenvalue weighted by Crippen LogP contribution is 2.33. The second kappa shape index (κ2) is 12.5. The van der Waals surface area contributed by atoms with E-state index in [1.807, 2.05) is 30.3 Å². The molecule has 0 radical (unpaired) electrons. The van der Waals surface area contributed by atoms with Gasteiger partial charge in [0.1, 0.15) is 16.5 Å². The third-order valence-corrected chi connectivity index (χ3v) is 7.60. The number of aromatic nitrogens is 1. The number of morpholine rings is 1. The van der Waals surface area contributed by atoms with E-state index in [1.165, 1.54) is 23.5 Å². The van der Waals surface area contributed by atoms with Crippen molar-refractivity contribution in [1.82, 2.24) is 9.88 Å². The second-order valence-corrected chi connectivity index (χ2v) is 10.4. The summed E-state index contributed by atoms with van der Waals surface area (Å²) < 4.78 is 19.0. The van der Waals surface area contributed by atoms with Gasteiger partial charge in [0.2, 0.25) is 0 Å². The fourth-order valence-corrected chi connectivity index (χ4v) is 5.28. The number of nitrogens with one attached hydrogen (secondary N) is 1. The summed E-state index contributed by atoms with van der Waals surface area (Å²) in [7, 11) is 0. The van der Waals surface area contributed by atoms with Crippen LogP contribution in [0.5, 0.6) is 0 Å². The van der Waals surface area contributed by atoms with Gasteiger partial charge in [0, 0.05) is 64.2 Å². The molecular formula is C29H28FN5O2S2. The molecule has 10 heteroatoms. The molecule has 5 rings (SSSR count). The molecule has 0 atom stereocenters. The molecule has 2 heterocycles. The van der Waals surface area contributed by atoms with E-state index in [1.54, 1.807) is 29.8 Å². The molecule has 39 heavy (non-hydrogen) atoms. The van der Waals surface area contributed by atoms with E-state index in [2.05, 4.69) is 32.8 Å². The van der Waals surface area contributed by atoms with Crippen molar-refractivity contribution in [3.05, 3.63) is 83.1 Å². The first-order chi connectivity index (χ1) is 19.0. The highest BCUT2D eigenvalue weighted by molar-refractivity contribution is 7.80. The van der Waals surface area contributed by atoms with Crippen LogP contribution < -0.4 is 11.1 Å². The largest absolute Gasteiger partial charge is 0.399 e. The number of aliphatic imine (C=N–C) groups is 1. The molecule has 1 amide bonds. The second-order valence-electron chi connectivity index (χ2n) is 9.07. The molecule has 200 valence electrons. The van der Waals surface area contributed by atoms with Crippen LogP contribution in [0.15, 0.2) is 75.9 Å². The number of anilines is 2. The van der Waals surface area contributed by atoms with Gasteiger partial charge in [0.05, 0.1) is 19.8 Å². The molecule has 3 aromatic carbocycles. The highest BCUT2D eigenvalue weighted by atomic mass is 32.1. The number of thiazole rings is 1. The van der Waals surface area contributed by atoms with Gasteiger partial charge in [-0.15, -0.1) is 24.0 Å². The van der Waals surface area contributed by atoms with E-state index >= 15 is 0 Å². The number of ether oxygens (including phenoxy) is 1. The Morgan fingerprint density at radius 2 is 1.95 bits per heavy atom. The topological polar surface area (TPSA) is 92.8 Å². The molecular weight excluding hydrogens is 533 g/mol. The number of amides is 1. The molecule has 0 saturated carbocycles. The lowest BCUT2D eigenvalue weighted by Gasteiger charge is -2.25. The van der Waals surface area contributed by atoms with E-state index < -0.39 is 0 Å². The number of thiol groups is 1. The number of nitrogens with two attached hydrogens (primary N) is 1. The number of carbonyl (C=O) groups excluding carboxylic acids is 1. The van der Waals surface area contributed by atoms with Crippen LogP contribution >= 0.6 is 24.0 Å². The lowest BCUT2D eigenvalue weighted by atomic mass is 10.0. The van der Waals surface area contributed by atoms with Gasteiger partial charge < -0.3 is 15.8 Å². The molecule has 1 aromatic heterocycles. The van der Waals surface area contributed by atoms with Gasteiger partial charge in [-0.05, 0) is 42.0 Å². The van der Waals surface area contributed by atoms with Gasteiger partial charge in [0.25, 0.3) is 5.91 Å². The zero-order valence-electron chi connectivity index (χ0n) is 21.1. The fourth-order valence-electron chi connectivity index (χ4n) is 4.24. The SMILES string of the molecule is Nc1cccc(-c2nc(C(=O)Nc3cc(C=NCCN4CCOCC4)c(S)cc3-c3ccc(F)cc3)cs2)c1. The summed E-state index contributed by atoms with van der Waals surface area (Å²) in [5, 5.41) is 5.41. The Kier molecular flexibility index (Phi) is 8.67. The summed E-state index contributed by atoms with van der Waals surface area (Å²) in [6.07, 6.45) is 1.77. The molecule has 0 unspecified atom stereocenters. The van der Waals surface area contributed by atoms with E-state index in [9.17, 15) is 9.18 Å². The van der Waals surface area contributed by atoms with Crippen molar-refractivity contribution in [3.63, 3.8) is 0 Å². The van der Waals surface area contributed by atoms with Crippen molar-refractivity contribution in [2.24, 2.45) is 4.99 Å². The summed E-state index contributed by atoms with van der Waals surface area (Å²) in [6.45, 7) is 4.80. The Balaban J connectivity index is 1.39. The van der Waals surface area contributed by atoms with Crippen molar-refractivity contribution in [2.75, 3.05) is 50.4 Å². The number of carbonyl (C=O) groups is 1. The number of rotatable bonds is 8. The van der Waals surface area contributed by atoms with Crippen LogP contribution in [0.1, 0.15) is 16.1 Å². The zero-order chi connectivity index (χ0) is 27.2. The number of hydrogen-bond acceptors (Lipinski definition) is 8. The first kappa shape index (κ1) is 27.0. The maximum absolute atomic E-state index is 13.6. The van der Waals surface area contributed by atoms with Crippen molar-refractivity contribution in [2.45, 2.75) is 4.90 Å². The number of halogens is 1. The number of nitrogens with zero attached hydrogens (tertiary/aromatic N) is 3. The summed E-state index contributed by atoms with van der Waals surface area (Å²) >= 11 is 6.04. The minimum atomic E-state index is -0.355. The van der Waals surface area contributed by atoms with Gasteiger partial charge >= 0.3 is 0 Å². The van der Waals surface area contributed by atoms with Gasteiger partial charge in [-0.2, -0.15) is 0 Å². The predicted molar refractivity (Wildman–Crippen MR) is 159 cm³/mol. The predicted octanol–water partition coefficient (Wildman–Crippen LogP) is 5.49. The first-order valence-electron chi connectivity index (χ1n) is 12.5. The minimum Gasteiger partial charge on any atom is -0.399 e. The molecule has 4 aromatic rings. The van der Waals surface area contributed by atoms with E-state index in [0.29, 0.717) is 33.4 Å². The number of hydrogen-bond donors (Lipinski definition) is 3. The van der Waals surface area contributed by atoms with Gasteiger partial charge in [-0.3, -0.25) is 14.7 Å². The molecule has 1 aliphatic rings. The lowest BCUT2D eigenvalue weighted by molar-refractivity contribution is 0.0395. The average molecular weight is 562 g/mol. The third kappa shape index (κ3) is 6.90. The van der Waals surface area contributed by atoms with E-state index in [-0.39, 0.29) is 17.4 Å². The Morgan fingerprint density at radius 3 is 2.72 bits per heavy atom. The molecule has 1 fully saturated rings. The molecule has 0 spiro atoms. The Labute approximate surface area is 236 Å². The van der Waals surface area contributed by atoms with Crippen molar-refractivity contribution in [3.8, 4) is 21.7 Å². The van der Waals surface area contributed by atoms with Crippen molar-refractivity contribution in [1.29, 1.82) is 0 Å². The van der Waals surface area contributed by atoms with E-state index in [4.69, 9.17) is 10.5 Å². The summed E-state index contributed by atoms with van der Waals surface area (Å²) in [4.78, 5) is 25.4. The zero-order valence-corrected chi connectivity index (χ0v) is 22.9. The Bertz CT molecular complexity index is 1480. The first-order valence-corrected chi connectivity index (χ1v) is 13.8. The molecule has 1 aliphatic heterocycles. The van der Waals surface area contributed by atoms with E-state index in [0.717, 1.165) is 49.5 Å². The summed E-state index contributed by atoms with van der Waals surface area (Å²) in [6, 6.07) is 17.2. The fraction of sp³-hybridized carbons (Fsp3) is 0.207. The molecule has 3 N–H and O–H groups in total. The van der Waals surface area contributed by atoms with Crippen LogP contribution in [0, 0.1) is 5.82 Å². The summed E-state index contributed by atoms with van der Waals surface area (Å²) in [5.41, 5.74) is 10.4. The van der Waals surface area contributed by atoms with Crippen molar-refractivity contribution >= 4 is 47.5 Å². The standard InChI is InChI=1S/C29H28FN5O2S2/c30-22-6-4-19(5-7-22)24-16-27(38)21(17-32-8-9-35-10-12-37-13-11-35)15-25(24)33-28(36)26-18-39-29(34-26)20-2-1-3-23(31)14-20/h1-7,14-18,38H,8-13,31H2,(H,33,36). The van der Waals surface area contributed by atoms with Gasteiger partial charge in [0.15, 0.2) is 0 Å². The van der Waals surface area contributed by atoms with Crippen molar-refractivity contribution < 1.29 is 13.9 Å². The van der Waals surface area contributed by atoms with Crippen LogP contribution in [-0.2, 0) is 4.74 Å². The third-order valence-electron chi connectivity index (χ3n) is 6.32. The van der Waals surface area contributed by atoms with Crippen LogP contribution in [0.4, 0.5) is 15.8 Å². The number of nitrogen functional groups attached to an aromatic ring is 1. The Hall–Kier alpha value is -3.57. The van der Waals surface area contributed by atoms with Gasteiger partial charge in [-0.1, -0.05) is 24.3 Å². The average Bonchev–Trinajstić information content (AvgIpc) is 3.44. The van der Waals surface area contributed by atoms with Crippen LogP contribution in [0.3, 0.4) is 0 Å². The normalized spacial score (nSPS) is 14.1. The maximum atomic E-state index is 13.6. The number of benzene rings is 3. The summed E-state index contributed by atoms with van der Waals surface area (Å²) in [5.74, 6) is -0.692. The molecule has 0 bridgehead atoms. The van der Waals surface area contributed by atoms with Crippen LogP contribution in [0.2, 0.25) is 0 Å². The monoisotopic (exact) mass is 561 g/mol. The molecule has 1 saturated heterocycles. The molecule has 0 aliphatic carbocycles. The smallest absolute Gasteiger partial charge is 0.275 e. The maximum Gasteiger partial charge on any atom is 0.275 e. The Morgan fingerprint density at radius 1 is 1.15 bits per heavy atom. The molecule has 7 nitrogen and oxygen atoms in total. The quantitative estimate of drug-likeness (QED) is 0.150.